The van der Waals surface area contributed by atoms with Crippen LogP contribution in [0.15, 0.2) is 11.6 Å². The first-order chi connectivity index (χ1) is 9.16. The van der Waals surface area contributed by atoms with Crippen LogP contribution in [0.5, 0.6) is 0 Å². The van der Waals surface area contributed by atoms with Crippen molar-refractivity contribution >= 4 is 5.97 Å². The van der Waals surface area contributed by atoms with Crippen LogP contribution >= 0.6 is 0 Å². The number of allylic oxidation sites excluding steroid dienone is 1. The summed E-state index contributed by atoms with van der Waals surface area (Å²) < 4.78 is 20.8. The molecule has 0 saturated carbocycles. The molecule has 0 aromatic heterocycles. The van der Waals surface area contributed by atoms with Crippen molar-refractivity contribution in [3.8, 4) is 0 Å². The van der Waals surface area contributed by atoms with Crippen LogP contribution in [0, 0.1) is 0 Å². The molecule has 5 heteroatoms. The second kappa shape index (κ2) is 7.03. The first-order valence-corrected chi connectivity index (χ1v) is 6.91. The van der Waals surface area contributed by atoms with Crippen molar-refractivity contribution in [2.75, 3.05) is 13.2 Å². The van der Waals surface area contributed by atoms with Gasteiger partial charge in [0.2, 0.25) is 0 Å². The third kappa shape index (κ3) is 4.93. The summed E-state index contributed by atoms with van der Waals surface area (Å²) >= 11 is 0. The zero-order valence-corrected chi connectivity index (χ0v) is 11.6. The minimum atomic E-state index is -0.246. The first kappa shape index (κ1) is 14.5. The molecule has 0 radical (unpaired) electrons. The molecule has 2 fully saturated rings. The fourth-order valence-electron chi connectivity index (χ4n) is 1.87. The van der Waals surface area contributed by atoms with Crippen molar-refractivity contribution in [2.24, 2.45) is 0 Å². The summed E-state index contributed by atoms with van der Waals surface area (Å²) in [6.07, 6.45) is 5.63. The SMILES string of the molecule is CC(C)=CC(=O)OCCCCCCOC1OC2OC12. The Morgan fingerprint density at radius 3 is 2.42 bits per heavy atom. The van der Waals surface area contributed by atoms with E-state index in [1.165, 1.54) is 6.08 Å². The van der Waals surface area contributed by atoms with Gasteiger partial charge in [0.05, 0.1) is 6.61 Å². The number of unbranched alkanes of at least 4 members (excludes halogenated alkanes) is 3. The number of esters is 1. The predicted octanol–water partition coefficient (Wildman–Crippen LogP) is 2.15. The Kier molecular flexibility index (Phi) is 5.36. The quantitative estimate of drug-likeness (QED) is 0.278. The van der Waals surface area contributed by atoms with Gasteiger partial charge in [0.1, 0.15) is 0 Å². The molecule has 2 aliphatic heterocycles. The van der Waals surface area contributed by atoms with Gasteiger partial charge in [0.25, 0.3) is 0 Å². The molecule has 2 saturated heterocycles. The fraction of sp³-hybridized carbons (Fsp3) is 0.786. The second-order valence-corrected chi connectivity index (χ2v) is 5.15. The summed E-state index contributed by atoms with van der Waals surface area (Å²) in [4.78, 5) is 11.2. The summed E-state index contributed by atoms with van der Waals surface area (Å²) in [5, 5.41) is 0. The Labute approximate surface area is 113 Å². The Balaban J connectivity index is 1.34. The number of fused-ring (bicyclic) bond motifs is 1. The molecular weight excluding hydrogens is 248 g/mol. The van der Waals surface area contributed by atoms with Crippen LogP contribution < -0.4 is 0 Å². The van der Waals surface area contributed by atoms with Crippen molar-refractivity contribution in [3.63, 3.8) is 0 Å². The van der Waals surface area contributed by atoms with E-state index in [1.54, 1.807) is 0 Å². The van der Waals surface area contributed by atoms with E-state index in [1.807, 2.05) is 13.8 Å². The summed E-state index contributed by atoms with van der Waals surface area (Å²) in [6.45, 7) is 4.95. The zero-order valence-electron chi connectivity index (χ0n) is 11.6. The molecule has 2 aliphatic rings. The molecule has 0 bridgehead atoms. The molecule has 0 N–H and O–H groups in total. The maximum Gasteiger partial charge on any atom is 0.330 e. The largest absolute Gasteiger partial charge is 0.463 e. The lowest BCUT2D eigenvalue weighted by Crippen LogP contribution is -2.36. The summed E-state index contributed by atoms with van der Waals surface area (Å²) in [7, 11) is 0. The van der Waals surface area contributed by atoms with Gasteiger partial charge < -0.3 is 18.9 Å². The van der Waals surface area contributed by atoms with Crippen molar-refractivity contribution in [1.29, 1.82) is 0 Å². The minimum Gasteiger partial charge on any atom is -0.463 e. The number of ether oxygens (including phenoxy) is 4. The molecule has 0 aliphatic carbocycles. The van der Waals surface area contributed by atoms with E-state index in [4.69, 9.17) is 18.9 Å². The maximum absolute atomic E-state index is 11.2. The first-order valence-electron chi connectivity index (χ1n) is 6.91. The highest BCUT2D eigenvalue weighted by atomic mass is 16.9. The summed E-state index contributed by atoms with van der Waals surface area (Å²) in [6, 6.07) is 0. The topological polar surface area (TPSA) is 57.3 Å². The molecule has 0 aromatic carbocycles. The van der Waals surface area contributed by atoms with Gasteiger partial charge in [-0.1, -0.05) is 12.0 Å². The van der Waals surface area contributed by atoms with Crippen molar-refractivity contribution < 1.29 is 23.7 Å². The number of rotatable bonds is 9. The summed E-state index contributed by atoms with van der Waals surface area (Å²) in [5.41, 5.74) is 0.960. The molecule has 2 heterocycles. The van der Waals surface area contributed by atoms with Crippen molar-refractivity contribution in [1.82, 2.24) is 0 Å². The van der Waals surface area contributed by atoms with Crippen LogP contribution in [0.1, 0.15) is 39.5 Å². The average molecular weight is 270 g/mol. The molecule has 19 heavy (non-hydrogen) atoms. The normalized spacial score (nSPS) is 27.2. The Hall–Kier alpha value is -0.910. The van der Waals surface area contributed by atoms with E-state index in [9.17, 15) is 4.79 Å². The standard InChI is InChI=1S/C14H22O5/c1-10(2)9-11(15)16-7-5-3-4-6-8-17-13-12-14(18-12)19-13/h9,12-14H,3-8H2,1-2H3. The third-order valence-electron chi connectivity index (χ3n) is 2.99. The van der Waals surface area contributed by atoms with Crippen molar-refractivity contribution in [2.45, 2.75) is 58.2 Å². The predicted molar refractivity (Wildman–Crippen MR) is 68.3 cm³/mol. The molecule has 0 aromatic rings. The number of hydrogen-bond acceptors (Lipinski definition) is 5. The van der Waals surface area contributed by atoms with Gasteiger partial charge in [-0.2, -0.15) is 0 Å². The number of carbonyl (C=O) groups is 1. The molecule has 108 valence electrons. The molecule has 0 amide bonds. The fourth-order valence-corrected chi connectivity index (χ4v) is 1.87. The summed E-state index contributed by atoms with van der Waals surface area (Å²) in [5.74, 6) is -0.246. The van der Waals surface area contributed by atoms with E-state index < -0.39 is 0 Å². The molecule has 2 rings (SSSR count). The van der Waals surface area contributed by atoms with Gasteiger partial charge in [-0.25, -0.2) is 4.79 Å². The highest BCUT2D eigenvalue weighted by Gasteiger charge is 2.59. The zero-order chi connectivity index (χ0) is 13.7. The maximum atomic E-state index is 11.2. The second-order valence-electron chi connectivity index (χ2n) is 5.15. The van der Waals surface area contributed by atoms with E-state index in [0.29, 0.717) is 13.2 Å². The van der Waals surface area contributed by atoms with Gasteiger partial charge >= 0.3 is 5.97 Å². The molecule has 0 spiro atoms. The van der Waals surface area contributed by atoms with Crippen molar-refractivity contribution in [3.05, 3.63) is 11.6 Å². The lowest BCUT2D eigenvalue weighted by molar-refractivity contribution is -0.202. The van der Waals surface area contributed by atoms with Crippen LogP contribution in [0.25, 0.3) is 0 Å². The van der Waals surface area contributed by atoms with Gasteiger partial charge in [-0.15, -0.1) is 0 Å². The average Bonchev–Trinajstić information content (AvgIpc) is 2.97. The van der Waals surface area contributed by atoms with Gasteiger partial charge in [-0.3, -0.25) is 0 Å². The Morgan fingerprint density at radius 1 is 1.11 bits per heavy atom. The highest BCUT2D eigenvalue weighted by Crippen LogP contribution is 2.40. The van der Waals surface area contributed by atoms with Crippen LogP contribution in [-0.4, -0.2) is 37.9 Å². The van der Waals surface area contributed by atoms with E-state index in [2.05, 4.69) is 0 Å². The molecule has 3 atom stereocenters. The highest BCUT2D eigenvalue weighted by molar-refractivity contribution is 5.82. The lowest BCUT2D eigenvalue weighted by atomic mass is 10.2. The molecule has 5 nitrogen and oxygen atoms in total. The number of carbonyl (C=O) groups excluding carboxylic acids is 1. The number of hydrogen-bond donors (Lipinski definition) is 0. The van der Waals surface area contributed by atoms with E-state index in [0.717, 1.165) is 31.3 Å². The van der Waals surface area contributed by atoms with Crippen LogP contribution in [-0.2, 0) is 23.7 Å². The van der Waals surface area contributed by atoms with E-state index in [-0.39, 0.29) is 24.7 Å². The van der Waals surface area contributed by atoms with Gasteiger partial charge in [-0.05, 0) is 33.1 Å². The smallest absolute Gasteiger partial charge is 0.330 e. The molecule has 3 unspecified atom stereocenters. The van der Waals surface area contributed by atoms with Gasteiger partial charge in [0, 0.05) is 12.7 Å². The van der Waals surface area contributed by atoms with E-state index >= 15 is 0 Å². The molecular formula is C14H22O5. The van der Waals surface area contributed by atoms with Gasteiger partial charge in [0.15, 0.2) is 18.7 Å². The third-order valence-corrected chi connectivity index (χ3v) is 2.99. The van der Waals surface area contributed by atoms with Crippen LogP contribution in [0.3, 0.4) is 0 Å². The lowest BCUT2D eigenvalue weighted by Gasteiger charge is -2.20. The Bertz CT molecular complexity index is 335. The van der Waals surface area contributed by atoms with Crippen LogP contribution in [0.4, 0.5) is 0 Å². The number of epoxide rings is 1. The minimum absolute atomic E-state index is 0.0282. The Morgan fingerprint density at radius 2 is 1.84 bits per heavy atom. The monoisotopic (exact) mass is 270 g/mol. The van der Waals surface area contributed by atoms with Crippen LogP contribution in [0.2, 0.25) is 0 Å².